The molecule has 0 aliphatic carbocycles. The van der Waals surface area contributed by atoms with E-state index >= 15 is 0 Å². The van der Waals surface area contributed by atoms with Gasteiger partial charge in [-0.15, -0.1) is 11.3 Å². The molecule has 0 atom stereocenters. The Morgan fingerprint density at radius 3 is 2.79 bits per heavy atom. The summed E-state index contributed by atoms with van der Waals surface area (Å²) in [7, 11) is 0. The standard InChI is InChI=1S/C18H14BrN3OS/c1-10-8-11(6-7-12(10)19)22-9-14(23)16(17(22)20)18-21-13-4-2-3-5-15(13)24-18/h2-8,20,23H,9H2,1H3. The quantitative estimate of drug-likeness (QED) is 0.627. The molecule has 1 aliphatic rings. The van der Waals surface area contributed by atoms with Gasteiger partial charge in [-0.3, -0.25) is 5.41 Å². The number of nitrogens with zero attached hydrogens (tertiary/aromatic N) is 2. The van der Waals surface area contributed by atoms with Crippen molar-refractivity contribution in [3.05, 3.63) is 63.3 Å². The Hall–Kier alpha value is -2.18. The zero-order valence-corrected chi connectivity index (χ0v) is 15.3. The first kappa shape index (κ1) is 15.4. The predicted molar refractivity (Wildman–Crippen MR) is 103 cm³/mol. The lowest BCUT2D eigenvalue weighted by Gasteiger charge is -2.19. The number of para-hydroxylation sites is 1. The SMILES string of the molecule is Cc1cc(N2CC(O)=C(c3nc4ccccc4s3)C2=N)ccc1Br. The number of thiazole rings is 1. The number of aryl methyl sites for hydroxylation is 1. The molecule has 0 saturated heterocycles. The Labute approximate surface area is 151 Å². The van der Waals surface area contributed by atoms with Gasteiger partial charge in [-0.05, 0) is 42.8 Å². The minimum absolute atomic E-state index is 0.194. The summed E-state index contributed by atoms with van der Waals surface area (Å²) in [5, 5.41) is 19.7. The fraction of sp³-hybridized carbons (Fsp3) is 0.111. The summed E-state index contributed by atoms with van der Waals surface area (Å²) in [6.07, 6.45) is 0. The van der Waals surface area contributed by atoms with Crippen LogP contribution >= 0.6 is 27.3 Å². The minimum Gasteiger partial charge on any atom is -0.510 e. The number of amidine groups is 1. The summed E-state index contributed by atoms with van der Waals surface area (Å²) in [4.78, 5) is 6.38. The molecule has 1 aliphatic heterocycles. The molecule has 0 fully saturated rings. The molecule has 2 heterocycles. The van der Waals surface area contributed by atoms with Crippen molar-refractivity contribution in [2.45, 2.75) is 6.92 Å². The van der Waals surface area contributed by atoms with Gasteiger partial charge in [0, 0.05) is 10.2 Å². The summed E-state index contributed by atoms with van der Waals surface area (Å²) < 4.78 is 2.08. The molecule has 24 heavy (non-hydrogen) atoms. The monoisotopic (exact) mass is 399 g/mol. The predicted octanol–water partition coefficient (Wildman–Crippen LogP) is 5.13. The minimum atomic E-state index is 0.194. The lowest BCUT2D eigenvalue weighted by Crippen LogP contribution is -2.26. The maximum absolute atomic E-state index is 10.4. The Morgan fingerprint density at radius 1 is 1.25 bits per heavy atom. The number of benzene rings is 2. The highest BCUT2D eigenvalue weighted by atomic mass is 79.9. The van der Waals surface area contributed by atoms with Crippen molar-refractivity contribution in [1.29, 1.82) is 5.41 Å². The number of hydrogen-bond acceptors (Lipinski definition) is 4. The summed E-state index contributed by atoms with van der Waals surface area (Å²) in [6, 6.07) is 13.8. The maximum Gasteiger partial charge on any atom is 0.139 e. The van der Waals surface area contributed by atoms with Crippen molar-refractivity contribution in [1.82, 2.24) is 4.98 Å². The van der Waals surface area contributed by atoms with Crippen LogP contribution in [0.15, 0.2) is 52.7 Å². The maximum atomic E-state index is 10.4. The highest BCUT2D eigenvalue weighted by Gasteiger charge is 2.31. The molecule has 0 radical (unpaired) electrons. The molecule has 4 nitrogen and oxygen atoms in total. The van der Waals surface area contributed by atoms with Gasteiger partial charge in [0.2, 0.25) is 0 Å². The van der Waals surface area contributed by atoms with Crippen LogP contribution in [-0.4, -0.2) is 22.5 Å². The first-order chi connectivity index (χ1) is 11.5. The van der Waals surface area contributed by atoms with Crippen LogP contribution in [0.3, 0.4) is 0 Å². The van der Waals surface area contributed by atoms with Crippen LogP contribution in [0.5, 0.6) is 0 Å². The third-order valence-electron chi connectivity index (χ3n) is 4.06. The summed E-state index contributed by atoms with van der Waals surface area (Å²) in [5.41, 5.74) is 3.40. The topological polar surface area (TPSA) is 60.2 Å². The van der Waals surface area contributed by atoms with Gasteiger partial charge < -0.3 is 10.0 Å². The van der Waals surface area contributed by atoms with Crippen LogP contribution in [0.25, 0.3) is 15.8 Å². The van der Waals surface area contributed by atoms with Crippen LogP contribution in [0.4, 0.5) is 5.69 Å². The van der Waals surface area contributed by atoms with E-state index < -0.39 is 0 Å². The van der Waals surface area contributed by atoms with Crippen molar-refractivity contribution in [2.24, 2.45) is 0 Å². The van der Waals surface area contributed by atoms with E-state index in [1.165, 1.54) is 11.3 Å². The van der Waals surface area contributed by atoms with Crippen LogP contribution in [0, 0.1) is 12.3 Å². The third kappa shape index (κ3) is 2.42. The van der Waals surface area contributed by atoms with Crippen molar-refractivity contribution < 1.29 is 5.11 Å². The number of aromatic nitrogens is 1. The average molecular weight is 400 g/mol. The van der Waals surface area contributed by atoms with Crippen LogP contribution in [-0.2, 0) is 0 Å². The van der Waals surface area contributed by atoms with Gasteiger partial charge in [0.15, 0.2) is 0 Å². The molecule has 2 aromatic carbocycles. The number of aliphatic hydroxyl groups is 1. The fourth-order valence-electron chi connectivity index (χ4n) is 2.80. The van der Waals surface area contributed by atoms with E-state index in [0.29, 0.717) is 17.1 Å². The van der Waals surface area contributed by atoms with Gasteiger partial charge in [0.1, 0.15) is 16.6 Å². The van der Waals surface area contributed by atoms with Gasteiger partial charge in [-0.25, -0.2) is 4.98 Å². The van der Waals surface area contributed by atoms with E-state index in [1.807, 2.05) is 49.4 Å². The highest BCUT2D eigenvalue weighted by Crippen LogP contribution is 2.35. The number of nitrogens with one attached hydrogen (secondary N) is 1. The molecule has 6 heteroatoms. The lowest BCUT2D eigenvalue weighted by molar-refractivity contribution is 0.411. The number of aliphatic hydroxyl groups excluding tert-OH is 1. The van der Waals surface area contributed by atoms with E-state index in [1.54, 1.807) is 4.90 Å². The molecule has 1 aromatic heterocycles. The number of anilines is 1. The molecule has 0 spiro atoms. The third-order valence-corrected chi connectivity index (χ3v) is 6.01. The Morgan fingerprint density at radius 2 is 2.04 bits per heavy atom. The van der Waals surface area contributed by atoms with Crippen molar-refractivity contribution in [3.8, 4) is 0 Å². The van der Waals surface area contributed by atoms with Gasteiger partial charge >= 0.3 is 0 Å². The molecule has 0 unspecified atom stereocenters. The molecule has 3 aromatic rings. The first-order valence-electron chi connectivity index (χ1n) is 7.45. The molecule has 0 bridgehead atoms. The van der Waals surface area contributed by atoms with E-state index in [4.69, 9.17) is 5.41 Å². The van der Waals surface area contributed by atoms with E-state index in [9.17, 15) is 5.11 Å². The molecular weight excluding hydrogens is 386 g/mol. The molecule has 2 N–H and O–H groups in total. The molecular formula is C18H14BrN3OS. The Balaban J connectivity index is 1.73. The van der Waals surface area contributed by atoms with Gasteiger partial charge in [0.05, 0.1) is 22.3 Å². The Kier molecular flexibility index (Phi) is 3.66. The van der Waals surface area contributed by atoms with Crippen LogP contribution in [0.2, 0.25) is 0 Å². The smallest absolute Gasteiger partial charge is 0.139 e. The second-order valence-corrected chi connectivity index (χ2v) is 7.56. The number of halogens is 1. The van der Waals surface area contributed by atoms with Gasteiger partial charge in [0.25, 0.3) is 0 Å². The number of hydrogen-bond donors (Lipinski definition) is 2. The fourth-order valence-corrected chi connectivity index (χ4v) is 4.08. The molecule has 4 rings (SSSR count). The zero-order chi connectivity index (χ0) is 16.8. The first-order valence-corrected chi connectivity index (χ1v) is 9.06. The molecule has 0 saturated carbocycles. The van der Waals surface area contributed by atoms with E-state index in [-0.39, 0.29) is 11.6 Å². The van der Waals surface area contributed by atoms with Crippen molar-refractivity contribution in [2.75, 3.05) is 11.4 Å². The Bertz CT molecular complexity index is 975. The molecule has 120 valence electrons. The largest absolute Gasteiger partial charge is 0.510 e. The van der Waals surface area contributed by atoms with E-state index in [0.717, 1.165) is 25.9 Å². The van der Waals surface area contributed by atoms with Crippen molar-refractivity contribution in [3.63, 3.8) is 0 Å². The van der Waals surface area contributed by atoms with Crippen LogP contribution in [0.1, 0.15) is 10.6 Å². The molecule has 0 amide bonds. The highest BCUT2D eigenvalue weighted by molar-refractivity contribution is 9.10. The second kappa shape index (κ2) is 5.72. The van der Waals surface area contributed by atoms with E-state index in [2.05, 4.69) is 20.9 Å². The van der Waals surface area contributed by atoms with Crippen LogP contribution < -0.4 is 4.90 Å². The summed E-state index contributed by atoms with van der Waals surface area (Å²) >= 11 is 4.99. The average Bonchev–Trinajstić information content (AvgIpc) is 3.10. The summed E-state index contributed by atoms with van der Waals surface area (Å²) in [5.74, 6) is 0.480. The zero-order valence-electron chi connectivity index (χ0n) is 12.9. The van der Waals surface area contributed by atoms with Gasteiger partial charge in [-0.1, -0.05) is 28.1 Å². The lowest BCUT2D eigenvalue weighted by atomic mass is 10.2. The van der Waals surface area contributed by atoms with Crippen molar-refractivity contribution >= 4 is 54.6 Å². The summed E-state index contributed by atoms with van der Waals surface area (Å²) in [6.45, 7) is 2.31. The number of fused-ring (bicyclic) bond motifs is 1. The van der Waals surface area contributed by atoms with Gasteiger partial charge in [-0.2, -0.15) is 0 Å². The number of rotatable bonds is 2. The normalized spacial score (nSPS) is 14.9. The second-order valence-electron chi connectivity index (χ2n) is 5.68.